The van der Waals surface area contributed by atoms with E-state index in [9.17, 15) is 9.36 Å². The van der Waals surface area contributed by atoms with Crippen molar-refractivity contribution in [3.8, 4) is 0 Å². The van der Waals surface area contributed by atoms with Gasteiger partial charge in [0, 0.05) is 0 Å². The van der Waals surface area contributed by atoms with Crippen LogP contribution in [0.15, 0.2) is 91.0 Å². The van der Waals surface area contributed by atoms with E-state index in [-0.39, 0.29) is 11.3 Å². The van der Waals surface area contributed by atoms with Crippen LogP contribution in [0.25, 0.3) is 0 Å². The zero-order valence-electron chi connectivity index (χ0n) is 28.5. The molecule has 246 valence electrons. The molecule has 1 unspecified atom stereocenters. The van der Waals surface area contributed by atoms with E-state index in [0.717, 1.165) is 31.8 Å². The van der Waals surface area contributed by atoms with Crippen molar-refractivity contribution in [2.45, 2.75) is 78.8 Å². The van der Waals surface area contributed by atoms with Gasteiger partial charge in [-0.05, 0) is 26.2 Å². The second kappa shape index (κ2) is 15.5. The molecule has 1 saturated heterocycles. The predicted octanol–water partition coefficient (Wildman–Crippen LogP) is 7.86. The molecule has 1 aliphatic rings. The van der Waals surface area contributed by atoms with Crippen LogP contribution in [0.4, 0.5) is 0 Å². The molecule has 0 N–H and O–H groups in total. The van der Waals surface area contributed by atoms with Gasteiger partial charge < -0.3 is 4.52 Å². The summed E-state index contributed by atoms with van der Waals surface area (Å²) in [6.07, 6.45) is 5.93. The molecule has 1 amide bonds. The SMILES string of the molecule is CC(C)(C)COP(=O)(N1CCN(C(=O)CCCCCC[PH](c2ccccc2)(c2ccccc2)c2ccccc2)CC1)C(C)(C)C. The normalized spacial score (nSPS) is 16.7. The van der Waals surface area contributed by atoms with Gasteiger partial charge in [0.05, 0.1) is 11.8 Å². The minimum atomic E-state index is -3.05. The Hall–Kier alpha value is -2.29. The predicted molar refractivity (Wildman–Crippen MR) is 195 cm³/mol. The van der Waals surface area contributed by atoms with E-state index in [2.05, 4.69) is 112 Å². The van der Waals surface area contributed by atoms with Crippen LogP contribution in [-0.2, 0) is 13.9 Å². The van der Waals surface area contributed by atoms with Crippen molar-refractivity contribution in [3.05, 3.63) is 91.0 Å². The number of hydrogen-bond donors (Lipinski definition) is 0. The van der Waals surface area contributed by atoms with Crippen molar-refractivity contribution in [1.82, 2.24) is 9.57 Å². The first kappa shape index (κ1) is 35.6. The molecule has 3 aromatic rings. The van der Waals surface area contributed by atoms with Crippen molar-refractivity contribution in [2.24, 2.45) is 5.41 Å². The number of hydrogen-bond acceptors (Lipinski definition) is 3. The van der Waals surface area contributed by atoms with E-state index in [1.54, 1.807) is 0 Å². The molecule has 0 radical (unpaired) electrons. The van der Waals surface area contributed by atoms with Crippen LogP contribution in [0.1, 0.15) is 73.6 Å². The maximum Gasteiger partial charge on any atom is 0.0529 e. The molecule has 5 nitrogen and oxygen atoms in total. The van der Waals surface area contributed by atoms with Crippen LogP contribution in [0, 0.1) is 5.41 Å². The van der Waals surface area contributed by atoms with E-state index < -0.39 is 19.9 Å². The number of carbonyl (C=O) groups excluding carboxylic acids is 1. The third-order valence-corrected chi connectivity index (χ3v) is 17.4. The minimum absolute atomic E-state index is 0.0625. The van der Waals surface area contributed by atoms with Crippen LogP contribution in [0.3, 0.4) is 0 Å². The van der Waals surface area contributed by atoms with Crippen LogP contribution >= 0.6 is 14.8 Å². The molecule has 0 aromatic heterocycles. The van der Waals surface area contributed by atoms with Gasteiger partial charge in [-0.3, -0.25) is 4.57 Å². The Morgan fingerprint density at radius 2 is 1.13 bits per heavy atom. The van der Waals surface area contributed by atoms with Gasteiger partial charge in [-0.2, -0.15) is 0 Å². The number of amides is 1. The summed E-state index contributed by atoms with van der Waals surface area (Å²) < 4.78 is 22.3. The van der Waals surface area contributed by atoms with Gasteiger partial charge in [-0.25, -0.2) is 0 Å². The molecule has 0 bridgehead atoms. The Morgan fingerprint density at radius 3 is 1.56 bits per heavy atom. The number of unbranched alkanes of at least 4 members (excludes halogenated alkanes) is 3. The van der Waals surface area contributed by atoms with Crippen molar-refractivity contribution in [3.63, 3.8) is 0 Å². The fourth-order valence-corrected chi connectivity index (χ4v) is 14.1. The van der Waals surface area contributed by atoms with E-state index >= 15 is 0 Å². The third kappa shape index (κ3) is 8.95. The van der Waals surface area contributed by atoms with Gasteiger partial charge in [0.15, 0.2) is 0 Å². The van der Waals surface area contributed by atoms with Gasteiger partial charge in [-0.15, -0.1) is 0 Å². The largest absolute Gasteiger partial charge is 0.0529 e. The Balaban J connectivity index is 1.31. The molecular formula is C38H56N2O3P2. The summed E-state index contributed by atoms with van der Waals surface area (Å²) in [7, 11) is -5.25. The molecule has 4 rings (SSSR count). The Kier molecular flexibility index (Phi) is 12.3. The van der Waals surface area contributed by atoms with E-state index in [0.29, 0.717) is 39.2 Å². The van der Waals surface area contributed by atoms with Crippen LogP contribution < -0.4 is 15.9 Å². The molecule has 1 heterocycles. The summed E-state index contributed by atoms with van der Waals surface area (Å²) in [6.45, 7) is 15.2. The number of piperazine rings is 1. The topological polar surface area (TPSA) is 49.9 Å². The fourth-order valence-electron chi connectivity index (χ4n) is 6.47. The van der Waals surface area contributed by atoms with Crippen molar-refractivity contribution in [2.75, 3.05) is 38.9 Å². The summed E-state index contributed by atoms with van der Waals surface area (Å²) in [6, 6.07) is 33.3. The number of rotatable bonds is 13. The van der Waals surface area contributed by atoms with Crippen LogP contribution in [-0.4, -0.2) is 59.6 Å². The van der Waals surface area contributed by atoms with Crippen molar-refractivity contribution >= 4 is 36.6 Å². The Labute approximate surface area is 273 Å². The number of carbonyl (C=O) groups is 1. The summed E-state index contributed by atoms with van der Waals surface area (Å²) in [5, 5.41) is 3.89. The third-order valence-electron chi connectivity index (χ3n) is 8.99. The van der Waals surface area contributed by atoms with Gasteiger partial charge in [0.1, 0.15) is 0 Å². The average Bonchev–Trinajstić information content (AvgIpc) is 3.04. The minimum Gasteiger partial charge on any atom is -0.0498 e. The first-order valence-corrected chi connectivity index (χ1v) is 20.6. The molecule has 1 aliphatic heterocycles. The molecule has 0 saturated carbocycles. The van der Waals surface area contributed by atoms with Gasteiger partial charge in [-0.1, -0.05) is 20.8 Å². The smallest absolute Gasteiger partial charge is 0.0498 e. The molecule has 3 aromatic carbocycles. The maximum atomic E-state index is 14.1. The molecule has 1 atom stereocenters. The Morgan fingerprint density at radius 1 is 0.689 bits per heavy atom. The standard InChI is InChI=1S/C38H56N2O3P2/c1-37(2,3)32-43-45(42,38(4,5)6)40-29-27-39(28-30-40)36(41)26-18-7-8-19-31-44(33-20-12-9-13-21-33,34-22-14-10-15-23-34)35-24-16-11-17-25-35/h9-17,20-25,44H,7-8,18-19,26-32H2,1-6H3. The van der Waals surface area contributed by atoms with Crippen LogP contribution in [0.5, 0.6) is 0 Å². The maximum absolute atomic E-state index is 14.1. The van der Waals surface area contributed by atoms with Gasteiger partial charge >= 0.3 is 206 Å². The summed E-state index contributed by atoms with van der Waals surface area (Å²) in [5.74, 6) is 0.220. The number of benzene rings is 3. The molecule has 45 heavy (non-hydrogen) atoms. The van der Waals surface area contributed by atoms with Crippen molar-refractivity contribution < 1.29 is 13.9 Å². The van der Waals surface area contributed by atoms with Crippen molar-refractivity contribution in [1.29, 1.82) is 0 Å². The monoisotopic (exact) mass is 650 g/mol. The average molecular weight is 651 g/mol. The molecule has 1 fully saturated rings. The first-order chi connectivity index (χ1) is 21.4. The number of nitrogens with zero attached hydrogens (tertiary/aromatic N) is 2. The fraction of sp³-hybridized carbons (Fsp3) is 0.500. The van der Waals surface area contributed by atoms with E-state index in [1.807, 2.05) is 30.3 Å². The molecule has 0 spiro atoms. The zero-order chi connectivity index (χ0) is 32.6. The quantitative estimate of drug-likeness (QED) is 0.140. The van der Waals surface area contributed by atoms with E-state index in [4.69, 9.17) is 4.52 Å². The summed E-state index contributed by atoms with van der Waals surface area (Å²) >= 11 is 0. The molecule has 7 heteroatoms. The second-order valence-corrected chi connectivity index (χ2v) is 22.0. The molecular weight excluding hydrogens is 594 g/mol. The second-order valence-electron chi connectivity index (χ2n) is 14.8. The van der Waals surface area contributed by atoms with Crippen LogP contribution in [0.2, 0.25) is 0 Å². The zero-order valence-corrected chi connectivity index (χ0v) is 30.4. The van der Waals surface area contributed by atoms with Gasteiger partial charge in [0.25, 0.3) is 0 Å². The molecule has 0 aliphatic carbocycles. The Bertz CT molecular complexity index is 1280. The first-order valence-electron chi connectivity index (χ1n) is 16.8. The van der Waals surface area contributed by atoms with Gasteiger partial charge in [0.2, 0.25) is 0 Å². The van der Waals surface area contributed by atoms with E-state index in [1.165, 1.54) is 15.9 Å². The summed E-state index contributed by atoms with van der Waals surface area (Å²) in [5.41, 5.74) is -0.0625. The summed E-state index contributed by atoms with van der Waals surface area (Å²) in [4.78, 5) is 15.1.